The van der Waals surface area contributed by atoms with E-state index in [4.69, 9.17) is 32.7 Å². The van der Waals surface area contributed by atoms with Crippen molar-refractivity contribution >= 4 is 35.2 Å². The van der Waals surface area contributed by atoms with Gasteiger partial charge >= 0.3 is 5.97 Å². The maximum absolute atomic E-state index is 12.2. The molecule has 2 rings (SSSR count). The van der Waals surface area contributed by atoms with Crippen molar-refractivity contribution in [1.82, 2.24) is 0 Å². The summed E-state index contributed by atoms with van der Waals surface area (Å²) in [4.78, 5) is 22.0. The van der Waals surface area contributed by atoms with E-state index >= 15 is 0 Å². The zero-order chi connectivity index (χ0) is 17.7. The van der Waals surface area contributed by atoms with Gasteiger partial charge < -0.3 is 9.47 Å². The number of benzene rings is 2. The summed E-state index contributed by atoms with van der Waals surface area (Å²) in [6.07, 6.45) is 2.09. The van der Waals surface area contributed by atoms with Crippen LogP contribution in [0.2, 0.25) is 10.0 Å². The van der Waals surface area contributed by atoms with Crippen LogP contribution in [0.15, 0.2) is 42.6 Å². The maximum Gasteiger partial charge on any atom is 0.345 e. The molecule has 0 spiro atoms. The fraction of sp³-hybridized carbons (Fsp3) is 0.0625. The van der Waals surface area contributed by atoms with Gasteiger partial charge in [-0.1, -0.05) is 35.3 Å². The van der Waals surface area contributed by atoms with Crippen LogP contribution < -0.4 is 9.47 Å². The van der Waals surface area contributed by atoms with Gasteiger partial charge in [0, 0.05) is 6.08 Å². The Morgan fingerprint density at radius 3 is 2.62 bits per heavy atom. The van der Waals surface area contributed by atoms with Crippen LogP contribution in [0, 0.1) is 10.1 Å². The van der Waals surface area contributed by atoms with E-state index < -0.39 is 10.9 Å². The Kier molecular flexibility index (Phi) is 5.78. The number of halogens is 2. The highest BCUT2D eigenvalue weighted by molar-refractivity contribution is 6.43. The number of rotatable bonds is 5. The number of nitrogens with zero attached hydrogens (tertiary/aromatic N) is 1. The van der Waals surface area contributed by atoms with Gasteiger partial charge in [0.25, 0.3) is 0 Å². The maximum atomic E-state index is 12.2. The second-order valence-electron chi connectivity index (χ2n) is 4.50. The van der Waals surface area contributed by atoms with Crippen LogP contribution in [0.5, 0.6) is 11.5 Å². The SMILES string of the molecule is COc1cc(/C=C/[N+](=O)[O-])ccc1OC(=O)c1cccc(Cl)c1Cl. The number of esters is 1. The molecule has 0 heterocycles. The van der Waals surface area contributed by atoms with Crippen molar-refractivity contribution in [3.8, 4) is 11.5 Å². The minimum Gasteiger partial charge on any atom is -0.493 e. The third-order valence-corrected chi connectivity index (χ3v) is 3.77. The van der Waals surface area contributed by atoms with Gasteiger partial charge in [0.15, 0.2) is 11.5 Å². The zero-order valence-electron chi connectivity index (χ0n) is 12.4. The number of carbonyl (C=O) groups excluding carboxylic acids is 1. The standard InChI is InChI=1S/C16H11Cl2NO5/c1-23-14-9-10(7-8-19(21)22)5-6-13(14)24-16(20)11-3-2-4-12(17)15(11)18/h2-9H,1H3/b8-7+. The van der Waals surface area contributed by atoms with Crippen molar-refractivity contribution in [3.63, 3.8) is 0 Å². The minimum absolute atomic E-state index is 0.0914. The van der Waals surface area contributed by atoms with Gasteiger partial charge in [-0.15, -0.1) is 0 Å². The first-order chi connectivity index (χ1) is 11.4. The molecule has 2 aromatic rings. The zero-order valence-corrected chi connectivity index (χ0v) is 13.9. The lowest BCUT2D eigenvalue weighted by Crippen LogP contribution is -2.10. The fourth-order valence-corrected chi connectivity index (χ4v) is 2.21. The summed E-state index contributed by atoms with van der Waals surface area (Å²) >= 11 is 11.9. The van der Waals surface area contributed by atoms with Crippen molar-refractivity contribution in [2.45, 2.75) is 0 Å². The second-order valence-corrected chi connectivity index (χ2v) is 5.29. The molecule has 0 N–H and O–H groups in total. The normalized spacial score (nSPS) is 10.6. The summed E-state index contributed by atoms with van der Waals surface area (Å²) in [6, 6.07) is 9.13. The van der Waals surface area contributed by atoms with Crippen molar-refractivity contribution in [3.05, 3.63) is 73.9 Å². The molecular weight excluding hydrogens is 357 g/mol. The number of ether oxygens (including phenoxy) is 2. The van der Waals surface area contributed by atoms with E-state index in [2.05, 4.69) is 0 Å². The highest BCUT2D eigenvalue weighted by Crippen LogP contribution is 2.31. The first-order valence-electron chi connectivity index (χ1n) is 6.58. The molecule has 0 aliphatic rings. The minimum atomic E-state index is -0.700. The van der Waals surface area contributed by atoms with Crippen LogP contribution in [0.3, 0.4) is 0 Å². The summed E-state index contributed by atoms with van der Waals surface area (Å²) in [6.45, 7) is 0. The molecular formula is C16H11Cl2NO5. The third-order valence-electron chi connectivity index (χ3n) is 2.95. The van der Waals surface area contributed by atoms with E-state index in [1.165, 1.54) is 31.4 Å². The van der Waals surface area contributed by atoms with Crippen molar-refractivity contribution in [2.75, 3.05) is 7.11 Å². The Bertz CT molecular complexity index is 820. The Labute approximate surface area is 147 Å². The van der Waals surface area contributed by atoms with Crippen LogP contribution in [-0.4, -0.2) is 18.0 Å². The molecule has 24 heavy (non-hydrogen) atoms. The summed E-state index contributed by atoms with van der Waals surface area (Å²) in [5.41, 5.74) is 0.632. The van der Waals surface area contributed by atoms with Crippen LogP contribution in [0.25, 0.3) is 6.08 Å². The van der Waals surface area contributed by atoms with E-state index in [1.807, 2.05) is 0 Å². The van der Waals surface area contributed by atoms with Crippen molar-refractivity contribution in [1.29, 1.82) is 0 Å². The van der Waals surface area contributed by atoms with E-state index in [0.29, 0.717) is 5.56 Å². The van der Waals surface area contributed by atoms with Gasteiger partial charge in [0.1, 0.15) is 0 Å². The summed E-state index contributed by atoms with van der Waals surface area (Å²) in [7, 11) is 1.39. The highest BCUT2D eigenvalue weighted by Gasteiger charge is 2.17. The first-order valence-corrected chi connectivity index (χ1v) is 7.34. The molecule has 0 saturated heterocycles. The molecule has 0 aromatic heterocycles. The second kappa shape index (κ2) is 7.81. The molecule has 0 aliphatic carbocycles. The molecule has 0 bridgehead atoms. The summed E-state index contributed by atoms with van der Waals surface area (Å²) in [5.74, 6) is -0.307. The van der Waals surface area contributed by atoms with E-state index in [-0.39, 0.29) is 27.1 Å². The van der Waals surface area contributed by atoms with E-state index in [1.54, 1.807) is 18.2 Å². The van der Waals surface area contributed by atoms with Crippen LogP contribution >= 0.6 is 23.2 Å². The molecule has 0 fully saturated rings. The molecule has 2 aromatic carbocycles. The summed E-state index contributed by atoms with van der Waals surface area (Å²) in [5, 5.41) is 10.7. The Hall–Kier alpha value is -2.57. The average molecular weight is 368 g/mol. The quantitative estimate of drug-likeness (QED) is 0.337. The van der Waals surface area contributed by atoms with E-state index in [0.717, 1.165) is 6.20 Å². The molecule has 0 radical (unpaired) electrons. The van der Waals surface area contributed by atoms with Crippen LogP contribution in [-0.2, 0) is 0 Å². The molecule has 0 saturated carbocycles. The van der Waals surface area contributed by atoms with Gasteiger partial charge in [-0.2, -0.15) is 0 Å². The monoisotopic (exact) mass is 367 g/mol. The molecule has 0 aliphatic heterocycles. The van der Waals surface area contributed by atoms with Gasteiger partial charge in [0.05, 0.1) is 27.6 Å². The van der Waals surface area contributed by atoms with Gasteiger partial charge in [-0.25, -0.2) is 4.79 Å². The van der Waals surface area contributed by atoms with Crippen molar-refractivity contribution in [2.24, 2.45) is 0 Å². The third kappa shape index (κ3) is 4.24. The number of carbonyl (C=O) groups is 1. The number of hydrogen-bond acceptors (Lipinski definition) is 5. The lowest BCUT2D eigenvalue weighted by molar-refractivity contribution is -0.400. The lowest BCUT2D eigenvalue weighted by Gasteiger charge is -2.11. The van der Waals surface area contributed by atoms with Crippen LogP contribution in [0.1, 0.15) is 15.9 Å². The number of nitro groups is 1. The predicted molar refractivity (Wildman–Crippen MR) is 90.4 cm³/mol. The fourth-order valence-electron chi connectivity index (χ4n) is 1.84. The Morgan fingerprint density at radius 2 is 1.96 bits per heavy atom. The lowest BCUT2D eigenvalue weighted by atomic mass is 10.2. The molecule has 0 atom stereocenters. The van der Waals surface area contributed by atoms with Gasteiger partial charge in [0.2, 0.25) is 6.20 Å². The Balaban J connectivity index is 2.27. The van der Waals surface area contributed by atoms with E-state index in [9.17, 15) is 14.9 Å². The predicted octanol–water partition coefficient (Wildman–Crippen LogP) is 4.47. The summed E-state index contributed by atoms with van der Waals surface area (Å²) < 4.78 is 10.4. The number of hydrogen-bond donors (Lipinski definition) is 0. The molecule has 6 nitrogen and oxygen atoms in total. The van der Waals surface area contributed by atoms with Crippen molar-refractivity contribution < 1.29 is 19.2 Å². The molecule has 0 unspecified atom stereocenters. The average Bonchev–Trinajstić information content (AvgIpc) is 2.56. The molecule has 8 heteroatoms. The smallest absolute Gasteiger partial charge is 0.345 e. The highest BCUT2D eigenvalue weighted by atomic mass is 35.5. The topological polar surface area (TPSA) is 78.7 Å². The molecule has 0 amide bonds. The van der Waals surface area contributed by atoms with Gasteiger partial charge in [-0.3, -0.25) is 10.1 Å². The largest absolute Gasteiger partial charge is 0.493 e. The number of methoxy groups -OCH3 is 1. The van der Waals surface area contributed by atoms with Crippen LogP contribution in [0.4, 0.5) is 0 Å². The van der Waals surface area contributed by atoms with Gasteiger partial charge in [-0.05, 0) is 29.8 Å². The Morgan fingerprint density at radius 1 is 1.21 bits per heavy atom. The first kappa shape index (κ1) is 17.8. The molecule has 124 valence electrons.